The Balaban J connectivity index is 2.85. The summed E-state index contributed by atoms with van der Waals surface area (Å²) in [4.78, 5) is 12.3. The molecule has 0 bridgehead atoms. The van der Waals surface area contributed by atoms with Crippen LogP contribution in [0.2, 0.25) is 0 Å². The number of sulfonamides is 1. The molecule has 1 N–H and O–H groups in total. The van der Waals surface area contributed by atoms with Gasteiger partial charge in [0.2, 0.25) is 15.9 Å². The summed E-state index contributed by atoms with van der Waals surface area (Å²) in [7, 11) is -3.81. The Morgan fingerprint density at radius 1 is 1.33 bits per heavy atom. The Labute approximate surface area is 148 Å². The van der Waals surface area contributed by atoms with Crippen molar-refractivity contribution >= 4 is 33.4 Å². The molecule has 5 nitrogen and oxygen atoms in total. The maximum Gasteiger partial charge on any atom is 0.243 e. The number of nitrogens with zero attached hydrogens (tertiary/aromatic N) is 1. The highest BCUT2D eigenvalue weighted by Crippen LogP contribution is 2.24. The second-order valence-corrected chi connectivity index (χ2v) is 10.2. The Bertz CT molecular complexity index is 672. The zero-order chi connectivity index (χ0) is 18.5. The second kappa shape index (κ2) is 8.20. The SMILES string of the molecule is C[C@H](C(=O)NCCSC(C)(C)C)N(c1ccccc1F)S(C)(=O)=O. The van der Waals surface area contributed by atoms with E-state index < -0.39 is 27.8 Å². The number of carbonyl (C=O) groups excluding carboxylic acids is 1. The number of carbonyl (C=O) groups is 1. The van der Waals surface area contributed by atoms with E-state index in [1.807, 2.05) is 0 Å². The third-order valence-corrected chi connectivity index (χ3v) is 5.62. The van der Waals surface area contributed by atoms with E-state index in [2.05, 4.69) is 26.1 Å². The molecule has 1 aromatic rings. The molecule has 0 aliphatic heterocycles. The summed E-state index contributed by atoms with van der Waals surface area (Å²) in [5, 5.41) is 2.71. The van der Waals surface area contributed by atoms with Crippen molar-refractivity contribution in [2.24, 2.45) is 0 Å². The number of hydrogen-bond acceptors (Lipinski definition) is 4. The molecule has 0 unspecified atom stereocenters. The van der Waals surface area contributed by atoms with Crippen molar-refractivity contribution in [3.05, 3.63) is 30.1 Å². The number of thioether (sulfide) groups is 1. The van der Waals surface area contributed by atoms with Gasteiger partial charge in [-0.2, -0.15) is 11.8 Å². The van der Waals surface area contributed by atoms with Crippen LogP contribution in [0.4, 0.5) is 10.1 Å². The molecule has 0 heterocycles. The van der Waals surface area contributed by atoms with Gasteiger partial charge in [0.15, 0.2) is 0 Å². The maximum absolute atomic E-state index is 14.0. The number of anilines is 1. The second-order valence-electron chi connectivity index (χ2n) is 6.44. The third kappa shape index (κ3) is 6.32. The third-order valence-electron chi connectivity index (χ3n) is 3.11. The van der Waals surface area contributed by atoms with Crippen molar-refractivity contribution in [3.8, 4) is 0 Å². The topological polar surface area (TPSA) is 66.5 Å². The molecule has 0 spiro atoms. The average Bonchev–Trinajstić information content (AvgIpc) is 2.43. The first-order chi connectivity index (χ1) is 10.9. The van der Waals surface area contributed by atoms with Crippen molar-refractivity contribution < 1.29 is 17.6 Å². The lowest BCUT2D eigenvalue weighted by atomic mass is 10.2. The number of nitrogens with one attached hydrogen (secondary N) is 1. The molecule has 0 aliphatic carbocycles. The Hall–Kier alpha value is -1.28. The smallest absolute Gasteiger partial charge is 0.243 e. The Morgan fingerprint density at radius 2 is 1.92 bits per heavy atom. The van der Waals surface area contributed by atoms with Crippen molar-refractivity contribution in [3.63, 3.8) is 0 Å². The summed E-state index contributed by atoms with van der Waals surface area (Å²) >= 11 is 1.69. The first kappa shape index (κ1) is 20.8. The van der Waals surface area contributed by atoms with Crippen LogP contribution >= 0.6 is 11.8 Å². The van der Waals surface area contributed by atoms with E-state index in [4.69, 9.17) is 0 Å². The van der Waals surface area contributed by atoms with Crippen LogP contribution in [0.25, 0.3) is 0 Å². The lowest BCUT2D eigenvalue weighted by molar-refractivity contribution is -0.121. The molecule has 0 saturated heterocycles. The van der Waals surface area contributed by atoms with Gasteiger partial charge in [-0.05, 0) is 19.1 Å². The van der Waals surface area contributed by atoms with Crippen molar-refractivity contribution in [2.75, 3.05) is 22.9 Å². The minimum absolute atomic E-state index is 0.0856. The highest BCUT2D eigenvalue weighted by Gasteiger charge is 2.30. The maximum atomic E-state index is 14.0. The van der Waals surface area contributed by atoms with Crippen molar-refractivity contribution in [1.82, 2.24) is 5.32 Å². The van der Waals surface area contributed by atoms with Gasteiger partial charge in [0.25, 0.3) is 0 Å². The largest absolute Gasteiger partial charge is 0.353 e. The van der Waals surface area contributed by atoms with Gasteiger partial charge in [0.05, 0.1) is 11.9 Å². The average molecular weight is 377 g/mol. The first-order valence-electron chi connectivity index (χ1n) is 7.59. The van der Waals surface area contributed by atoms with Crippen LogP contribution in [-0.4, -0.2) is 43.7 Å². The number of amides is 1. The lowest BCUT2D eigenvalue weighted by Crippen LogP contribution is -2.48. The van der Waals surface area contributed by atoms with Crippen LogP contribution in [0, 0.1) is 5.82 Å². The molecule has 1 aromatic carbocycles. The fraction of sp³-hybridized carbons (Fsp3) is 0.562. The predicted octanol–water partition coefficient (Wildman–Crippen LogP) is 2.63. The number of hydrogen-bond donors (Lipinski definition) is 1. The van der Waals surface area contributed by atoms with Crippen LogP contribution in [0.1, 0.15) is 27.7 Å². The van der Waals surface area contributed by atoms with E-state index in [-0.39, 0.29) is 10.4 Å². The molecule has 136 valence electrons. The van der Waals surface area contributed by atoms with Gasteiger partial charge in [-0.15, -0.1) is 0 Å². The fourth-order valence-corrected chi connectivity index (χ4v) is 4.08. The van der Waals surface area contributed by atoms with E-state index in [0.717, 1.165) is 16.6 Å². The van der Waals surface area contributed by atoms with Gasteiger partial charge in [-0.1, -0.05) is 32.9 Å². The van der Waals surface area contributed by atoms with E-state index in [1.54, 1.807) is 11.8 Å². The molecule has 8 heteroatoms. The first-order valence-corrected chi connectivity index (χ1v) is 10.4. The van der Waals surface area contributed by atoms with Gasteiger partial charge in [-0.25, -0.2) is 12.8 Å². The molecule has 0 radical (unpaired) electrons. The van der Waals surface area contributed by atoms with Crippen molar-refractivity contribution in [2.45, 2.75) is 38.5 Å². The van der Waals surface area contributed by atoms with Crippen LogP contribution in [0.5, 0.6) is 0 Å². The normalized spacial score (nSPS) is 13.4. The summed E-state index contributed by atoms with van der Waals surface area (Å²) in [6, 6.07) is 4.46. The zero-order valence-electron chi connectivity index (χ0n) is 14.7. The summed E-state index contributed by atoms with van der Waals surface area (Å²) < 4.78 is 39.0. The van der Waals surface area contributed by atoms with E-state index in [9.17, 15) is 17.6 Å². The standard InChI is InChI=1S/C16H25FN2O3S2/c1-12(15(20)18-10-11-23-16(2,3)4)19(24(5,21)22)14-9-7-6-8-13(14)17/h6-9,12H,10-11H2,1-5H3,(H,18,20)/t12-/m1/s1. The minimum Gasteiger partial charge on any atom is -0.353 e. The van der Waals surface area contributed by atoms with Gasteiger partial charge >= 0.3 is 0 Å². The van der Waals surface area contributed by atoms with Crippen LogP contribution in [0.3, 0.4) is 0 Å². The summed E-state index contributed by atoms with van der Waals surface area (Å²) in [6.45, 7) is 8.09. The quantitative estimate of drug-likeness (QED) is 0.743. The van der Waals surface area contributed by atoms with Gasteiger partial charge < -0.3 is 5.32 Å². The molecule has 0 saturated carbocycles. The summed E-state index contributed by atoms with van der Waals surface area (Å²) in [6.07, 6.45) is 0.957. The molecular weight excluding hydrogens is 351 g/mol. The fourth-order valence-electron chi connectivity index (χ4n) is 2.09. The predicted molar refractivity (Wildman–Crippen MR) is 98.4 cm³/mol. The van der Waals surface area contributed by atoms with Crippen molar-refractivity contribution in [1.29, 1.82) is 0 Å². The molecule has 0 aromatic heterocycles. The Kier molecular flexibility index (Phi) is 7.10. The van der Waals surface area contributed by atoms with Gasteiger partial charge in [0, 0.05) is 17.0 Å². The molecule has 24 heavy (non-hydrogen) atoms. The molecule has 1 rings (SSSR count). The Morgan fingerprint density at radius 3 is 2.42 bits per heavy atom. The monoisotopic (exact) mass is 376 g/mol. The number of benzene rings is 1. The number of rotatable bonds is 7. The number of para-hydroxylation sites is 1. The van der Waals surface area contributed by atoms with Crippen LogP contribution in [-0.2, 0) is 14.8 Å². The molecule has 0 aliphatic rings. The van der Waals surface area contributed by atoms with Gasteiger partial charge in [-0.3, -0.25) is 9.10 Å². The molecule has 1 atom stereocenters. The highest BCUT2D eigenvalue weighted by atomic mass is 32.2. The number of halogens is 1. The van der Waals surface area contributed by atoms with Crippen LogP contribution < -0.4 is 9.62 Å². The highest BCUT2D eigenvalue weighted by molar-refractivity contribution is 8.00. The van der Waals surface area contributed by atoms with Gasteiger partial charge in [0.1, 0.15) is 11.9 Å². The van der Waals surface area contributed by atoms with E-state index in [0.29, 0.717) is 12.3 Å². The minimum atomic E-state index is -3.81. The van der Waals surface area contributed by atoms with E-state index >= 15 is 0 Å². The van der Waals surface area contributed by atoms with Crippen LogP contribution in [0.15, 0.2) is 24.3 Å². The molecular formula is C16H25FN2O3S2. The molecule has 1 amide bonds. The summed E-state index contributed by atoms with van der Waals surface area (Å²) in [5.74, 6) is -0.440. The summed E-state index contributed by atoms with van der Waals surface area (Å²) in [5.41, 5.74) is -0.133. The molecule has 0 fully saturated rings. The lowest BCUT2D eigenvalue weighted by Gasteiger charge is -2.28. The van der Waals surface area contributed by atoms with E-state index in [1.165, 1.54) is 25.1 Å². The zero-order valence-corrected chi connectivity index (χ0v) is 16.3.